The van der Waals surface area contributed by atoms with Gasteiger partial charge < -0.3 is 9.42 Å². The number of aromatic nitrogens is 1. The van der Waals surface area contributed by atoms with Gasteiger partial charge in [0.1, 0.15) is 5.76 Å². The van der Waals surface area contributed by atoms with Crippen molar-refractivity contribution in [3.8, 4) is 0 Å². The summed E-state index contributed by atoms with van der Waals surface area (Å²) >= 11 is 0. The Morgan fingerprint density at radius 3 is 2.48 bits per heavy atom. The molecular formula is C24H31N3O2. The molecule has 3 aliphatic rings. The summed E-state index contributed by atoms with van der Waals surface area (Å²) in [4.78, 5) is 18.1. The van der Waals surface area contributed by atoms with Crippen molar-refractivity contribution in [2.24, 2.45) is 5.41 Å². The van der Waals surface area contributed by atoms with Crippen LogP contribution in [0.25, 0.3) is 0 Å². The second-order valence-corrected chi connectivity index (χ2v) is 9.44. The third-order valence-electron chi connectivity index (χ3n) is 7.39. The van der Waals surface area contributed by atoms with Gasteiger partial charge in [-0.25, -0.2) is 0 Å². The second kappa shape index (κ2) is 7.28. The van der Waals surface area contributed by atoms with Gasteiger partial charge >= 0.3 is 0 Å². The second-order valence-electron chi connectivity index (χ2n) is 9.44. The number of rotatable bonds is 4. The molecule has 2 aliphatic heterocycles. The summed E-state index contributed by atoms with van der Waals surface area (Å²) < 4.78 is 5.35. The van der Waals surface area contributed by atoms with Gasteiger partial charge in [0.05, 0.1) is 11.6 Å². The highest BCUT2D eigenvalue weighted by Crippen LogP contribution is 2.48. The van der Waals surface area contributed by atoms with E-state index in [4.69, 9.17) is 4.52 Å². The minimum absolute atomic E-state index is 0.0275. The van der Waals surface area contributed by atoms with Crippen LogP contribution < -0.4 is 0 Å². The molecule has 1 aliphatic carbocycles. The van der Waals surface area contributed by atoms with Crippen molar-refractivity contribution >= 4 is 5.91 Å². The van der Waals surface area contributed by atoms with E-state index in [1.54, 1.807) is 0 Å². The number of piperidine rings is 2. The van der Waals surface area contributed by atoms with Crippen molar-refractivity contribution in [2.45, 2.75) is 64.5 Å². The highest BCUT2D eigenvalue weighted by molar-refractivity contribution is 5.85. The van der Waals surface area contributed by atoms with Crippen LogP contribution >= 0.6 is 0 Å². The number of nitrogens with zero attached hydrogens (tertiary/aromatic N) is 3. The Kier molecular flexibility index (Phi) is 4.73. The van der Waals surface area contributed by atoms with Gasteiger partial charge in [-0.05, 0) is 70.0 Å². The Labute approximate surface area is 173 Å². The lowest BCUT2D eigenvalue weighted by Crippen LogP contribution is -2.54. The van der Waals surface area contributed by atoms with Crippen LogP contribution in [0.5, 0.6) is 0 Å². The number of benzene rings is 1. The summed E-state index contributed by atoms with van der Waals surface area (Å²) in [6.07, 6.45) is 5.69. The summed E-state index contributed by atoms with van der Waals surface area (Å²) in [5.74, 6) is 1.33. The fraction of sp³-hybridized carbons (Fsp3) is 0.583. The van der Waals surface area contributed by atoms with Crippen LogP contribution in [-0.4, -0.2) is 46.5 Å². The Bertz CT molecular complexity index is 859. The van der Waals surface area contributed by atoms with Crippen molar-refractivity contribution in [3.63, 3.8) is 0 Å². The van der Waals surface area contributed by atoms with E-state index in [0.29, 0.717) is 11.9 Å². The van der Waals surface area contributed by atoms with Crippen molar-refractivity contribution in [1.82, 2.24) is 15.0 Å². The third kappa shape index (κ3) is 3.61. The standard InChI is InChI=1S/C24H31N3O2/c1-17-22(18(2)29-25-17)15-26-12-10-24(11-13-26)14-21(19-6-4-3-5-7-19)23(28)27(16-24)20-8-9-20/h3-7,20-21H,8-16H2,1-2H3. The number of hydrogen-bond donors (Lipinski definition) is 0. The van der Waals surface area contributed by atoms with Gasteiger partial charge in [0.2, 0.25) is 5.91 Å². The molecule has 5 nitrogen and oxygen atoms in total. The van der Waals surface area contributed by atoms with Crippen LogP contribution in [0.2, 0.25) is 0 Å². The first-order valence-corrected chi connectivity index (χ1v) is 11.0. The molecule has 1 spiro atoms. The molecule has 0 N–H and O–H groups in total. The van der Waals surface area contributed by atoms with Gasteiger partial charge in [0, 0.05) is 24.7 Å². The summed E-state index contributed by atoms with van der Waals surface area (Å²) in [5.41, 5.74) is 3.70. The predicted octanol–water partition coefficient (Wildman–Crippen LogP) is 4.05. The molecule has 3 heterocycles. The zero-order valence-corrected chi connectivity index (χ0v) is 17.6. The van der Waals surface area contributed by atoms with Crippen LogP contribution in [0.4, 0.5) is 0 Å². The fourth-order valence-corrected chi connectivity index (χ4v) is 5.36. The molecule has 5 rings (SSSR count). The maximum absolute atomic E-state index is 13.3. The van der Waals surface area contributed by atoms with E-state index >= 15 is 0 Å². The van der Waals surface area contributed by atoms with E-state index in [-0.39, 0.29) is 11.3 Å². The van der Waals surface area contributed by atoms with E-state index in [0.717, 1.165) is 56.9 Å². The normalized spacial score (nSPS) is 25.0. The first-order valence-electron chi connectivity index (χ1n) is 11.0. The molecule has 1 unspecified atom stereocenters. The van der Waals surface area contributed by atoms with Crippen LogP contribution in [0.15, 0.2) is 34.9 Å². The number of likely N-dealkylation sites (tertiary alicyclic amines) is 2. The lowest BCUT2D eigenvalue weighted by atomic mass is 9.67. The highest BCUT2D eigenvalue weighted by Gasteiger charge is 2.49. The molecule has 1 amide bonds. The molecule has 1 saturated carbocycles. The number of carbonyl (C=O) groups excluding carboxylic acids is 1. The summed E-state index contributed by atoms with van der Waals surface area (Å²) in [6.45, 7) is 8.08. The zero-order valence-electron chi connectivity index (χ0n) is 17.6. The lowest BCUT2D eigenvalue weighted by Gasteiger charge is -2.50. The number of hydrogen-bond acceptors (Lipinski definition) is 4. The van der Waals surface area contributed by atoms with Crippen LogP contribution in [0.1, 0.15) is 60.6 Å². The molecule has 1 atom stereocenters. The van der Waals surface area contributed by atoms with Crippen molar-refractivity contribution in [1.29, 1.82) is 0 Å². The number of aryl methyl sites for hydroxylation is 2. The molecule has 1 aromatic heterocycles. The zero-order chi connectivity index (χ0) is 20.0. The Morgan fingerprint density at radius 2 is 1.86 bits per heavy atom. The average molecular weight is 394 g/mol. The maximum Gasteiger partial charge on any atom is 0.230 e. The van der Waals surface area contributed by atoms with Crippen molar-refractivity contribution < 1.29 is 9.32 Å². The molecule has 29 heavy (non-hydrogen) atoms. The van der Waals surface area contributed by atoms with E-state index in [2.05, 4.69) is 39.2 Å². The topological polar surface area (TPSA) is 49.6 Å². The van der Waals surface area contributed by atoms with Gasteiger partial charge in [-0.1, -0.05) is 35.5 Å². The number of amides is 1. The molecule has 1 aromatic carbocycles. The Morgan fingerprint density at radius 1 is 1.14 bits per heavy atom. The van der Waals surface area contributed by atoms with E-state index < -0.39 is 0 Å². The van der Waals surface area contributed by atoms with E-state index in [1.807, 2.05) is 19.9 Å². The Balaban J connectivity index is 1.33. The minimum atomic E-state index is 0.0275. The SMILES string of the molecule is Cc1noc(C)c1CN1CCC2(CC1)CC(c1ccccc1)C(=O)N(C1CC1)C2. The largest absolute Gasteiger partial charge is 0.361 e. The van der Waals surface area contributed by atoms with Gasteiger partial charge in [-0.15, -0.1) is 0 Å². The molecule has 3 fully saturated rings. The molecule has 2 aromatic rings. The number of carbonyl (C=O) groups is 1. The van der Waals surface area contributed by atoms with Gasteiger partial charge in [-0.2, -0.15) is 0 Å². The predicted molar refractivity (Wildman–Crippen MR) is 111 cm³/mol. The molecule has 2 saturated heterocycles. The van der Waals surface area contributed by atoms with Gasteiger partial charge in [-0.3, -0.25) is 9.69 Å². The van der Waals surface area contributed by atoms with Gasteiger partial charge in [0.15, 0.2) is 0 Å². The summed E-state index contributed by atoms with van der Waals surface area (Å²) in [7, 11) is 0. The summed E-state index contributed by atoms with van der Waals surface area (Å²) in [6, 6.07) is 10.9. The van der Waals surface area contributed by atoms with Crippen molar-refractivity contribution in [2.75, 3.05) is 19.6 Å². The lowest BCUT2D eigenvalue weighted by molar-refractivity contribution is -0.142. The molecule has 154 valence electrons. The van der Waals surface area contributed by atoms with E-state index in [1.165, 1.54) is 24.0 Å². The van der Waals surface area contributed by atoms with Crippen molar-refractivity contribution in [3.05, 3.63) is 52.9 Å². The van der Waals surface area contributed by atoms with E-state index in [9.17, 15) is 4.79 Å². The van der Waals surface area contributed by atoms with Crippen LogP contribution in [0, 0.1) is 19.3 Å². The smallest absolute Gasteiger partial charge is 0.230 e. The maximum atomic E-state index is 13.3. The molecule has 5 heteroatoms. The first kappa shape index (κ1) is 18.9. The van der Waals surface area contributed by atoms with Gasteiger partial charge in [0.25, 0.3) is 0 Å². The summed E-state index contributed by atoms with van der Waals surface area (Å²) in [5, 5.41) is 4.11. The molecule has 0 radical (unpaired) electrons. The fourth-order valence-electron chi connectivity index (χ4n) is 5.36. The first-order chi connectivity index (χ1) is 14.0. The monoisotopic (exact) mass is 393 g/mol. The molecular weight excluding hydrogens is 362 g/mol. The minimum Gasteiger partial charge on any atom is -0.361 e. The Hall–Kier alpha value is -2.14. The molecule has 0 bridgehead atoms. The highest BCUT2D eigenvalue weighted by atomic mass is 16.5. The van der Waals surface area contributed by atoms with Crippen LogP contribution in [0.3, 0.4) is 0 Å². The third-order valence-corrected chi connectivity index (χ3v) is 7.39. The average Bonchev–Trinajstić information content (AvgIpc) is 3.54. The van der Waals surface area contributed by atoms with Crippen LogP contribution in [-0.2, 0) is 11.3 Å². The quantitative estimate of drug-likeness (QED) is 0.786.